The van der Waals surface area contributed by atoms with E-state index in [2.05, 4.69) is 15.5 Å². The number of carbonyl (C=O) groups excluding carboxylic acids is 2. The van der Waals surface area contributed by atoms with E-state index in [1.807, 2.05) is 42.5 Å². The minimum absolute atomic E-state index is 0.0877. The average Bonchev–Trinajstić information content (AvgIpc) is 3.14. The van der Waals surface area contributed by atoms with Crippen LogP contribution in [0.2, 0.25) is 0 Å². The number of hydrogen-bond donors (Lipinski definition) is 2. The molecule has 0 unspecified atom stereocenters. The second kappa shape index (κ2) is 8.77. The molecule has 0 radical (unpaired) electrons. The van der Waals surface area contributed by atoms with Crippen molar-refractivity contribution in [2.24, 2.45) is 0 Å². The molecule has 8 heteroatoms. The molecule has 0 atom stereocenters. The predicted molar refractivity (Wildman–Crippen MR) is 122 cm³/mol. The van der Waals surface area contributed by atoms with Crippen LogP contribution in [0.25, 0.3) is 22.4 Å². The highest BCUT2D eigenvalue weighted by Crippen LogP contribution is 2.33. The minimum Gasteiger partial charge on any atom is -0.443 e. The van der Waals surface area contributed by atoms with Gasteiger partial charge in [-0.2, -0.15) is 10.4 Å². The molecule has 0 aliphatic carbocycles. The maximum absolute atomic E-state index is 13.4. The number of H-pyrrole nitrogens is 1. The Hall–Kier alpha value is -4.77. The number of nitrogens with zero attached hydrogens (tertiary/aromatic N) is 2. The van der Waals surface area contributed by atoms with E-state index in [1.165, 1.54) is 13.8 Å². The zero-order chi connectivity index (χ0) is 23.5. The molecule has 0 aliphatic rings. The number of nitriles is 1. The molecular weight excluding hydrogens is 420 g/mol. The summed E-state index contributed by atoms with van der Waals surface area (Å²) in [6, 6.07) is 20.0. The predicted octanol–water partition coefficient (Wildman–Crippen LogP) is 4.33. The number of nitrogens with one attached hydrogen (secondary N) is 2. The Balaban J connectivity index is 1.91. The van der Waals surface area contributed by atoms with Crippen molar-refractivity contribution in [2.75, 3.05) is 5.32 Å². The first-order valence-corrected chi connectivity index (χ1v) is 10.0. The van der Waals surface area contributed by atoms with E-state index in [0.717, 1.165) is 0 Å². The molecule has 1 amide bonds. The van der Waals surface area contributed by atoms with Crippen LogP contribution in [-0.2, 0) is 0 Å². The van der Waals surface area contributed by atoms with Gasteiger partial charge in [0.1, 0.15) is 23.0 Å². The van der Waals surface area contributed by atoms with E-state index in [0.29, 0.717) is 22.4 Å². The fourth-order valence-electron chi connectivity index (χ4n) is 3.69. The Morgan fingerprint density at radius 3 is 2.18 bits per heavy atom. The number of amides is 1. The zero-order valence-electron chi connectivity index (χ0n) is 17.8. The van der Waals surface area contributed by atoms with Crippen LogP contribution in [0.1, 0.15) is 39.0 Å². The second-order valence-corrected chi connectivity index (χ2v) is 7.24. The van der Waals surface area contributed by atoms with E-state index in [1.54, 1.807) is 24.3 Å². The molecule has 2 aromatic heterocycles. The van der Waals surface area contributed by atoms with Gasteiger partial charge in [0, 0.05) is 11.1 Å². The van der Waals surface area contributed by atoms with Crippen LogP contribution in [0.5, 0.6) is 0 Å². The number of hydrogen-bond acceptors (Lipinski definition) is 6. The fourth-order valence-corrected chi connectivity index (χ4v) is 3.69. The maximum Gasteiger partial charge on any atom is 0.277 e. The molecule has 0 fully saturated rings. The molecule has 2 aromatic carbocycles. The second-order valence-electron chi connectivity index (χ2n) is 7.24. The smallest absolute Gasteiger partial charge is 0.277 e. The molecule has 2 heterocycles. The third-order valence-electron chi connectivity index (χ3n) is 5.10. The molecule has 4 aromatic rings. The lowest BCUT2D eigenvalue weighted by Gasteiger charge is -2.13. The van der Waals surface area contributed by atoms with Crippen LogP contribution in [0, 0.1) is 18.3 Å². The van der Waals surface area contributed by atoms with Gasteiger partial charge in [-0.15, -0.1) is 0 Å². The summed E-state index contributed by atoms with van der Waals surface area (Å²) in [6.45, 7) is 2.83. The minimum atomic E-state index is -0.796. The van der Waals surface area contributed by atoms with Gasteiger partial charge in [0.05, 0.1) is 11.3 Å². The van der Waals surface area contributed by atoms with Crippen molar-refractivity contribution < 1.29 is 14.0 Å². The Morgan fingerprint density at radius 1 is 1.00 bits per heavy atom. The van der Waals surface area contributed by atoms with E-state index in [-0.39, 0.29) is 34.1 Å². The number of ketones is 1. The largest absolute Gasteiger partial charge is 0.443 e. The molecule has 4 rings (SSSR count). The van der Waals surface area contributed by atoms with E-state index in [9.17, 15) is 19.6 Å². The summed E-state index contributed by atoms with van der Waals surface area (Å²) < 4.78 is 5.49. The summed E-state index contributed by atoms with van der Waals surface area (Å²) in [6.07, 6.45) is 0. The van der Waals surface area contributed by atoms with Crippen LogP contribution < -0.4 is 10.9 Å². The first-order valence-electron chi connectivity index (χ1n) is 10.0. The highest BCUT2D eigenvalue weighted by Gasteiger charge is 2.27. The number of anilines is 1. The van der Waals surface area contributed by atoms with E-state index >= 15 is 0 Å². The summed E-state index contributed by atoms with van der Waals surface area (Å²) in [5, 5.41) is 18.6. The maximum atomic E-state index is 13.4. The van der Waals surface area contributed by atoms with Gasteiger partial charge in [0.2, 0.25) is 5.88 Å². The van der Waals surface area contributed by atoms with Crippen molar-refractivity contribution in [3.8, 4) is 28.5 Å². The standard InChI is InChI=1S/C25H18N4O4/c1-14(30)19-15(2)33-25(18(19)13-26)27-23(31)21-20(16-9-5-3-6-10-16)22(28-29-24(21)32)17-11-7-4-8-12-17/h3-12H,1-2H3,(H,27,31)(H,29,32). The van der Waals surface area contributed by atoms with E-state index < -0.39 is 11.5 Å². The number of aryl methyl sites for hydroxylation is 1. The summed E-state index contributed by atoms with van der Waals surface area (Å²) in [7, 11) is 0. The lowest BCUT2D eigenvalue weighted by atomic mass is 9.95. The Labute approximate surface area is 188 Å². The summed E-state index contributed by atoms with van der Waals surface area (Å²) in [5.41, 5.74) is 1.14. The highest BCUT2D eigenvalue weighted by atomic mass is 16.4. The van der Waals surface area contributed by atoms with Gasteiger partial charge in [0.25, 0.3) is 11.5 Å². The van der Waals surface area contributed by atoms with Gasteiger partial charge in [-0.3, -0.25) is 19.7 Å². The van der Waals surface area contributed by atoms with Gasteiger partial charge < -0.3 is 4.42 Å². The fraction of sp³-hybridized carbons (Fsp3) is 0.0800. The van der Waals surface area contributed by atoms with Crippen LogP contribution >= 0.6 is 0 Å². The van der Waals surface area contributed by atoms with Gasteiger partial charge in [-0.05, 0) is 19.4 Å². The molecule has 33 heavy (non-hydrogen) atoms. The Bertz CT molecular complexity index is 1460. The molecule has 0 saturated heterocycles. The number of Topliss-reactive ketones (excluding diaryl/α,β-unsaturated/α-hetero) is 1. The summed E-state index contributed by atoms with van der Waals surface area (Å²) in [5.74, 6) is -1.16. The van der Waals surface area contributed by atoms with Gasteiger partial charge in [0.15, 0.2) is 5.78 Å². The number of aromatic nitrogens is 2. The lowest BCUT2D eigenvalue weighted by molar-refractivity contribution is 0.101. The number of carbonyl (C=O) groups is 2. The number of furan rings is 1. The van der Waals surface area contributed by atoms with Gasteiger partial charge in [-0.25, -0.2) is 5.10 Å². The lowest BCUT2D eigenvalue weighted by Crippen LogP contribution is -2.26. The number of rotatable bonds is 5. The monoisotopic (exact) mass is 438 g/mol. The SMILES string of the molecule is CC(=O)c1c(C)oc(NC(=O)c2c(-c3ccccc3)c(-c3ccccc3)n[nH]c2=O)c1C#N. The highest BCUT2D eigenvalue weighted by molar-refractivity contribution is 6.11. The molecule has 162 valence electrons. The first kappa shape index (κ1) is 21.5. The molecule has 2 N–H and O–H groups in total. The third-order valence-corrected chi connectivity index (χ3v) is 5.10. The molecule has 8 nitrogen and oxygen atoms in total. The Kier molecular flexibility index (Phi) is 5.70. The van der Waals surface area contributed by atoms with Crippen LogP contribution in [0.15, 0.2) is 69.9 Å². The van der Waals surface area contributed by atoms with Crippen molar-refractivity contribution >= 4 is 17.6 Å². The van der Waals surface area contributed by atoms with Gasteiger partial charge >= 0.3 is 0 Å². The molecular formula is C25H18N4O4. The number of aromatic amines is 1. The van der Waals surface area contributed by atoms with Crippen LogP contribution in [0.4, 0.5) is 5.88 Å². The molecule has 0 saturated carbocycles. The summed E-state index contributed by atoms with van der Waals surface area (Å²) >= 11 is 0. The molecule has 0 aliphatic heterocycles. The number of benzene rings is 2. The topological polar surface area (TPSA) is 129 Å². The van der Waals surface area contributed by atoms with Crippen LogP contribution in [0.3, 0.4) is 0 Å². The third kappa shape index (κ3) is 3.95. The van der Waals surface area contributed by atoms with Crippen molar-refractivity contribution in [1.82, 2.24) is 10.2 Å². The summed E-state index contributed by atoms with van der Waals surface area (Å²) in [4.78, 5) is 38.1. The molecule has 0 spiro atoms. The molecule has 0 bridgehead atoms. The Morgan fingerprint density at radius 2 is 1.61 bits per heavy atom. The quantitative estimate of drug-likeness (QED) is 0.446. The van der Waals surface area contributed by atoms with Crippen molar-refractivity contribution in [3.05, 3.63) is 93.5 Å². The van der Waals surface area contributed by atoms with Gasteiger partial charge in [-0.1, -0.05) is 60.7 Å². The van der Waals surface area contributed by atoms with Crippen molar-refractivity contribution in [3.63, 3.8) is 0 Å². The average molecular weight is 438 g/mol. The van der Waals surface area contributed by atoms with Crippen molar-refractivity contribution in [1.29, 1.82) is 5.26 Å². The zero-order valence-corrected chi connectivity index (χ0v) is 17.8. The normalized spacial score (nSPS) is 10.5. The van der Waals surface area contributed by atoms with Crippen molar-refractivity contribution in [2.45, 2.75) is 13.8 Å². The van der Waals surface area contributed by atoms with E-state index in [4.69, 9.17) is 4.42 Å². The van der Waals surface area contributed by atoms with Crippen LogP contribution in [-0.4, -0.2) is 21.9 Å². The first-order chi connectivity index (χ1) is 15.9.